The van der Waals surface area contributed by atoms with E-state index in [4.69, 9.17) is 4.74 Å². The number of hydrogen-bond acceptors (Lipinski definition) is 4. The Labute approximate surface area is 134 Å². The Hall–Kier alpha value is -2.60. The predicted octanol–water partition coefficient (Wildman–Crippen LogP) is 2.54. The summed E-state index contributed by atoms with van der Waals surface area (Å²) in [5.41, 5.74) is 2.71. The first-order chi connectivity index (χ1) is 11.1. The lowest BCUT2D eigenvalue weighted by molar-refractivity contribution is 0.443. The van der Waals surface area contributed by atoms with Crippen molar-refractivity contribution in [1.29, 1.82) is 0 Å². The molecule has 0 atom stereocenters. The zero-order valence-electron chi connectivity index (χ0n) is 12.2. The lowest BCUT2D eigenvalue weighted by atomic mass is 10.1. The van der Waals surface area contributed by atoms with Gasteiger partial charge in [-0.2, -0.15) is 0 Å². The smallest absolute Gasteiger partial charge is 0.313 e. The second-order valence-electron chi connectivity index (χ2n) is 5.32. The maximum Gasteiger partial charge on any atom is 0.313 e. The first-order valence-electron chi connectivity index (χ1n) is 7.27. The van der Waals surface area contributed by atoms with Gasteiger partial charge >= 0.3 is 6.02 Å². The van der Waals surface area contributed by atoms with Gasteiger partial charge in [-0.05, 0) is 0 Å². The van der Waals surface area contributed by atoms with Crippen LogP contribution >= 0.6 is 0 Å². The Morgan fingerprint density at radius 1 is 0.913 bits per heavy atom. The largest absolute Gasteiger partial charge is 0.422 e. The van der Waals surface area contributed by atoms with Gasteiger partial charge in [-0.1, -0.05) is 60.7 Å². The van der Waals surface area contributed by atoms with Crippen molar-refractivity contribution in [1.82, 2.24) is 4.90 Å². The van der Waals surface area contributed by atoms with Gasteiger partial charge in [-0.15, -0.1) is 4.40 Å². The van der Waals surface area contributed by atoms with Crippen molar-refractivity contribution in [2.75, 3.05) is 12.3 Å². The molecule has 2 aliphatic rings. The van der Waals surface area contributed by atoms with Gasteiger partial charge in [0, 0.05) is 17.7 Å². The fraction of sp³-hybridized carbons (Fsp3) is 0.118. The molecule has 0 radical (unpaired) electrons. The summed E-state index contributed by atoms with van der Waals surface area (Å²) >= 11 is 0. The van der Waals surface area contributed by atoms with Crippen molar-refractivity contribution in [2.45, 2.75) is 0 Å². The van der Waals surface area contributed by atoms with Crippen LogP contribution in [0.4, 0.5) is 0 Å². The molecule has 0 fully saturated rings. The van der Waals surface area contributed by atoms with Gasteiger partial charge in [0.1, 0.15) is 0 Å². The molecule has 0 saturated carbocycles. The highest BCUT2D eigenvalue weighted by Gasteiger charge is 2.37. The summed E-state index contributed by atoms with van der Waals surface area (Å²) < 4.78 is 33.1. The average molecular weight is 326 g/mol. The van der Waals surface area contributed by atoms with Crippen molar-refractivity contribution in [3.8, 4) is 0 Å². The Balaban J connectivity index is 1.91. The van der Waals surface area contributed by atoms with Crippen molar-refractivity contribution in [2.24, 2.45) is 4.40 Å². The van der Waals surface area contributed by atoms with Crippen LogP contribution in [0.3, 0.4) is 0 Å². The minimum Gasteiger partial charge on any atom is -0.422 e. The number of ether oxygens (including phenoxy) is 1. The number of hydrogen-bond donors (Lipinski definition) is 0. The van der Waals surface area contributed by atoms with Crippen LogP contribution in [0.2, 0.25) is 0 Å². The number of fused-ring (bicyclic) bond motifs is 1. The second-order valence-corrected chi connectivity index (χ2v) is 7.08. The van der Waals surface area contributed by atoms with Gasteiger partial charge < -0.3 is 4.74 Å². The van der Waals surface area contributed by atoms with Gasteiger partial charge in [-0.25, -0.2) is 8.42 Å². The minimum absolute atomic E-state index is 0.0156. The Kier molecular flexibility index (Phi) is 3.20. The molecule has 0 N–H and O–H groups in total. The molecule has 0 aromatic heterocycles. The van der Waals surface area contributed by atoms with Gasteiger partial charge in [0.2, 0.25) is 0 Å². The summed E-state index contributed by atoms with van der Waals surface area (Å²) in [7, 11) is -3.45. The van der Waals surface area contributed by atoms with Gasteiger partial charge in [0.25, 0.3) is 10.0 Å². The molecule has 6 heteroatoms. The van der Waals surface area contributed by atoms with Crippen LogP contribution in [0, 0.1) is 0 Å². The van der Waals surface area contributed by atoms with E-state index < -0.39 is 10.0 Å². The van der Waals surface area contributed by atoms with Gasteiger partial charge in [-0.3, -0.25) is 4.90 Å². The van der Waals surface area contributed by atoms with Crippen molar-refractivity contribution in [3.05, 3.63) is 71.8 Å². The summed E-state index contributed by atoms with van der Waals surface area (Å²) in [4.78, 5) is 1.83. The maximum atomic E-state index is 11.8. The van der Waals surface area contributed by atoms with E-state index >= 15 is 0 Å². The summed E-state index contributed by atoms with van der Waals surface area (Å²) in [6, 6.07) is 19.6. The molecule has 0 bridgehead atoms. The Morgan fingerprint density at radius 3 is 2.17 bits per heavy atom. The standard InChI is InChI=1S/C17H14N2O3S/c20-23(21)12-11-19-15(13-7-3-1-4-8-13)16(22-17(19)18-23)14-9-5-2-6-10-14/h1-10H,11-12H2. The third-order valence-electron chi connectivity index (χ3n) is 3.78. The molecule has 23 heavy (non-hydrogen) atoms. The van der Waals surface area contributed by atoms with E-state index in [2.05, 4.69) is 4.40 Å². The average Bonchev–Trinajstić information content (AvgIpc) is 2.93. The lowest BCUT2D eigenvalue weighted by Crippen LogP contribution is -2.35. The summed E-state index contributed by atoms with van der Waals surface area (Å²) in [5.74, 6) is 0.616. The molecule has 0 spiro atoms. The van der Waals surface area contributed by atoms with E-state index in [9.17, 15) is 8.42 Å². The molecule has 116 valence electrons. The van der Waals surface area contributed by atoms with Crippen molar-refractivity contribution in [3.63, 3.8) is 0 Å². The van der Waals surface area contributed by atoms with Crippen molar-refractivity contribution < 1.29 is 13.2 Å². The zero-order valence-corrected chi connectivity index (χ0v) is 13.0. The molecular weight excluding hydrogens is 312 g/mol. The van der Waals surface area contributed by atoms with E-state index in [0.29, 0.717) is 12.3 Å². The van der Waals surface area contributed by atoms with Gasteiger partial charge in [0.15, 0.2) is 5.76 Å². The van der Waals surface area contributed by atoms with E-state index in [0.717, 1.165) is 16.8 Å². The lowest BCUT2D eigenvalue weighted by Gasteiger charge is -2.22. The summed E-state index contributed by atoms with van der Waals surface area (Å²) in [6.07, 6.45) is 0. The van der Waals surface area contributed by atoms with Crippen LogP contribution < -0.4 is 0 Å². The summed E-state index contributed by atoms with van der Waals surface area (Å²) in [5, 5.41) is 0. The van der Waals surface area contributed by atoms with E-state index in [1.54, 1.807) is 0 Å². The molecule has 2 aromatic carbocycles. The molecule has 2 heterocycles. The molecule has 2 aliphatic heterocycles. The number of benzene rings is 2. The predicted molar refractivity (Wildman–Crippen MR) is 88.7 cm³/mol. The third-order valence-corrected chi connectivity index (χ3v) is 4.92. The molecule has 4 rings (SSSR count). The van der Waals surface area contributed by atoms with E-state index in [1.807, 2.05) is 65.6 Å². The van der Waals surface area contributed by atoms with Crippen LogP contribution in [0.25, 0.3) is 11.5 Å². The first kappa shape index (κ1) is 14.0. The van der Waals surface area contributed by atoms with Gasteiger partial charge in [0.05, 0.1) is 11.4 Å². The molecule has 0 unspecified atom stereocenters. The van der Waals surface area contributed by atoms with E-state index in [1.165, 1.54) is 0 Å². The van der Waals surface area contributed by atoms with Crippen LogP contribution in [-0.4, -0.2) is 31.6 Å². The quantitative estimate of drug-likeness (QED) is 0.851. The molecule has 0 saturated heterocycles. The Bertz CT molecular complexity index is 903. The number of sulfonamides is 1. The van der Waals surface area contributed by atoms with Crippen LogP contribution in [0.15, 0.2) is 65.1 Å². The second kappa shape index (κ2) is 5.24. The zero-order chi connectivity index (χ0) is 15.9. The van der Waals surface area contributed by atoms with Crippen LogP contribution in [0.5, 0.6) is 0 Å². The molecule has 0 amide bonds. The molecule has 5 nitrogen and oxygen atoms in total. The topological polar surface area (TPSA) is 59.0 Å². The van der Waals surface area contributed by atoms with Crippen LogP contribution in [-0.2, 0) is 14.8 Å². The highest BCUT2D eigenvalue weighted by Crippen LogP contribution is 2.38. The SMILES string of the molecule is O=S1(=O)CCN2C(=N1)OC(c1ccccc1)=C2c1ccccc1. The first-order valence-corrected chi connectivity index (χ1v) is 8.88. The Morgan fingerprint density at radius 2 is 1.52 bits per heavy atom. The fourth-order valence-corrected chi connectivity index (χ4v) is 3.61. The number of amidine groups is 1. The van der Waals surface area contributed by atoms with Crippen molar-refractivity contribution >= 4 is 27.5 Å². The summed E-state index contributed by atoms with van der Waals surface area (Å²) in [6.45, 7) is 0.335. The van der Waals surface area contributed by atoms with Crippen LogP contribution in [0.1, 0.15) is 11.1 Å². The highest BCUT2D eigenvalue weighted by molar-refractivity contribution is 7.90. The fourth-order valence-electron chi connectivity index (χ4n) is 2.73. The number of nitrogens with zero attached hydrogens (tertiary/aromatic N) is 2. The molecular formula is C17H14N2O3S. The monoisotopic (exact) mass is 326 g/mol. The molecule has 2 aromatic rings. The number of rotatable bonds is 2. The minimum atomic E-state index is -3.45. The maximum absolute atomic E-state index is 11.8. The van der Waals surface area contributed by atoms with E-state index in [-0.39, 0.29) is 11.8 Å². The molecule has 0 aliphatic carbocycles. The normalized spacial score (nSPS) is 19.1. The third kappa shape index (κ3) is 2.51. The highest BCUT2D eigenvalue weighted by atomic mass is 32.2.